The van der Waals surface area contributed by atoms with Crippen LogP contribution in [0.1, 0.15) is 21.7 Å². The molecule has 21 heavy (non-hydrogen) atoms. The van der Waals surface area contributed by atoms with E-state index in [9.17, 15) is 4.79 Å². The van der Waals surface area contributed by atoms with E-state index in [-0.39, 0.29) is 5.78 Å². The van der Waals surface area contributed by atoms with Crippen molar-refractivity contribution in [1.29, 1.82) is 0 Å². The van der Waals surface area contributed by atoms with Gasteiger partial charge in [0.2, 0.25) is 5.95 Å². The van der Waals surface area contributed by atoms with Crippen LogP contribution in [0, 0.1) is 6.92 Å². The van der Waals surface area contributed by atoms with Crippen molar-refractivity contribution < 1.29 is 4.79 Å². The number of benzene rings is 1. The summed E-state index contributed by atoms with van der Waals surface area (Å²) in [5, 5.41) is 4.26. The Morgan fingerprint density at radius 2 is 1.86 bits per heavy atom. The molecule has 0 aliphatic heterocycles. The fourth-order valence-electron chi connectivity index (χ4n) is 2.16. The molecule has 0 amide bonds. The summed E-state index contributed by atoms with van der Waals surface area (Å²) in [6, 6.07) is 9.12. The lowest BCUT2D eigenvalue weighted by atomic mass is 10.1. The van der Waals surface area contributed by atoms with E-state index >= 15 is 0 Å². The lowest BCUT2D eigenvalue weighted by molar-refractivity contribution is 0.104. The quantitative estimate of drug-likeness (QED) is 0.684. The average Bonchev–Trinajstić information content (AvgIpc) is 2.90. The molecule has 0 saturated carbocycles. The number of carbonyl (C=O) groups excluding carboxylic acids is 1. The molecule has 2 heterocycles. The van der Waals surface area contributed by atoms with Crippen LogP contribution in [0.25, 0.3) is 5.65 Å². The fourth-order valence-corrected chi connectivity index (χ4v) is 2.16. The summed E-state index contributed by atoms with van der Waals surface area (Å²) in [5.41, 5.74) is 1.63. The Kier molecular flexibility index (Phi) is 3.13. The Morgan fingerprint density at radius 3 is 2.52 bits per heavy atom. The predicted molar refractivity (Wildman–Crippen MR) is 79.7 cm³/mol. The van der Waals surface area contributed by atoms with Gasteiger partial charge in [-0.1, -0.05) is 30.3 Å². The van der Waals surface area contributed by atoms with Gasteiger partial charge in [0, 0.05) is 19.7 Å². The molecule has 6 heteroatoms. The molecule has 2 aromatic heterocycles. The third-order valence-corrected chi connectivity index (χ3v) is 3.14. The van der Waals surface area contributed by atoms with Gasteiger partial charge in [0.1, 0.15) is 5.82 Å². The van der Waals surface area contributed by atoms with Gasteiger partial charge in [-0.05, 0) is 6.92 Å². The lowest BCUT2D eigenvalue weighted by Gasteiger charge is -2.12. The number of aromatic nitrogens is 4. The van der Waals surface area contributed by atoms with Crippen LogP contribution in [0.2, 0.25) is 0 Å². The molecule has 0 aliphatic carbocycles. The second kappa shape index (κ2) is 4.97. The van der Waals surface area contributed by atoms with E-state index in [0.29, 0.717) is 28.5 Å². The molecule has 0 saturated heterocycles. The Balaban J connectivity index is 2.19. The predicted octanol–water partition coefficient (Wildman–Crippen LogP) is 1.73. The minimum absolute atomic E-state index is 0.0894. The van der Waals surface area contributed by atoms with Gasteiger partial charge in [0.05, 0.1) is 11.8 Å². The van der Waals surface area contributed by atoms with Crippen molar-refractivity contribution in [2.75, 3.05) is 19.0 Å². The van der Waals surface area contributed by atoms with Crippen LogP contribution in [0.4, 0.5) is 5.95 Å². The summed E-state index contributed by atoms with van der Waals surface area (Å²) in [5.74, 6) is 1.16. The van der Waals surface area contributed by atoms with Gasteiger partial charge >= 0.3 is 0 Å². The number of hydrogen-bond donors (Lipinski definition) is 0. The SMILES string of the molecule is Cc1nc(N(C)C)n2ncc(C(=O)c3ccccc3)c2n1. The molecule has 0 radical (unpaired) electrons. The summed E-state index contributed by atoms with van der Waals surface area (Å²) < 4.78 is 1.59. The first-order chi connectivity index (χ1) is 10.1. The maximum atomic E-state index is 12.6. The molecule has 3 rings (SSSR count). The highest BCUT2D eigenvalue weighted by Gasteiger charge is 2.19. The minimum atomic E-state index is -0.0894. The Labute approximate surface area is 122 Å². The molecule has 6 nitrogen and oxygen atoms in total. The summed E-state index contributed by atoms with van der Waals surface area (Å²) in [4.78, 5) is 23.1. The third-order valence-electron chi connectivity index (χ3n) is 3.14. The lowest BCUT2D eigenvalue weighted by Crippen LogP contribution is -2.17. The summed E-state index contributed by atoms with van der Waals surface area (Å²) in [6.45, 7) is 1.80. The van der Waals surface area contributed by atoms with Gasteiger partial charge < -0.3 is 4.90 Å². The first-order valence-electron chi connectivity index (χ1n) is 6.57. The standard InChI is InChI=1S/C15H15N5O/c1-10-17-14-12(13(21)11-7-5-4-6-8-11)9-16-20(14)15(18-10)19(2)3/h4-9H,1-3H3. The van der Waals surface area contributed by atoms with Crippen molar-refractivity contribution in [3.8, 4) is 0 Å². The number of rotatable bonds is 3. The van der Waals surface area contributed by atoms with E-state index in [1.165, 1.54) is 0 Å². The highest BCUT2D eigenvalue weighted by molar-refractivity contribution is 6.12. The van der Waals surface area contributed by atoms with Gasteiger partial charge in [-0.2, -0.15) is 14.6 Å². The molecule has 0 unspecified atom stereocenters. The maximum Gasteiger partial charge on any atom is 0.229 e. The number of carbonyl (C=O) groups is 1. The van der Waals surface area contributed by atoms with Crippen LogP contribution in [-0.2, 0) is 0 Å². The molecule has 0 spiro atoms. The molecule has 0 bridgehead atoms. The van der Waals surface area contributed by atoms with E-state index in [1.807, 2.05) is 37.2 Å². The van der Waals surface area contributed by atoms with Gasteiger partial charge in [-0.25, -0.2) is 4.98 Å². The van der Waals surface area contributed by atoms with E-state index in [4.69, 9.17) is 0 Å². The van der Waals surface area contributed by atoms with Gasteiger partial charge in [-0.3, -0.25) is 4.79 Å². The highest BCUT2D eigenvalue weighted by Crippen LogP contribution is 2.18. The zero-order valence-electron chi connectivity index (χ0n) is 12.1. The minimum Gasteiger partial charge on any atom is -0.347 e. The van der Waals surface area contributed by atoms with Crippen LogP contribution in [0.3, 0.4) is 0 Å². The topological polar surface area (TPSA) is 63.4 Å². The molecule has 1 aromatic carbocycles. The molecule has 0 fully saturated rings. The van der Waals surface area contributed by atoms with Crippen molar-refractivity contribution in [3.63, 3.8) is 0 Å². The van der Waals surface area contributed by atoms with Gasteiger partial charge in [0.25, 0.3) is 0 Å². The molecule has 0 atom stereocenters. The molecule has 0 N–H and O–H groups in total. The van der Waals surface area contributed by atoms with Crippen LogP contribution in [0.15, 0.2) is 36.5 Å². The van der Waals surface area contributed by atoms with Crippen LogP contribution < -0.4 is 4.90 Å². The molecule has 0 aliphatic rings. The Bertz CT molecular complexity index is 808. The number of anilines is 1. The van der Waals surface area contributed by atoms with Crippen LogP contribution >= 0.6 is 0 Å². The average molecular weight is 281 g/mol. The van der Waals surface area contributed by atoms with E-state index in [2.05, 4.69) is 15.1 Å². The summed E-state index contributed by atoms with van der Waals surface area (Å²) in [7, 11) is 3.75. The number of nitrogens with zero attached hydrogens (tertiary/aromatic N) is 5. The number of aryl methyl sites for hydroxylation is 1. The smallest absolute Gasteiger partial charge is 0.229 e. The molecular weight excluding hydrogens is 266 g/mol. The maximum absolute atomic E-state index is 12.6. The molecular formula is C15H15N5O. The highest BCUT2D eigenvalue weighted by atomic mass is 16.1. The monoisotopic (exact) mass is 281 g/mol. The van der Waals surface area contributed by atoms with Crippen LogP contribution in [0.5, 0.6) is 0 Å². The van der Waals surface area contributed by atoms with Crippen molar-refractivity contribution in [3.05, 3.63) is 53.5 Å². The Morgan fingerprint density at radius 1 is 1.14 bits per heavy atom. The van der Waals surface area contributed by atoms with Gasteiger partial charge in [-0.15, -0.1) is 0 Å². The summed E-state index contributed by atoms with van der Waals surface area (Å²) >= 11 is 0. The largest absolute Gasteiger partial charge is 0.347 e. The van der Waals surface area contributed by atoms with Crippen molar-refractivity contribution >= 4 is 17.4 Å². The van der Waals surface area contributed by atoms with Crippen LogP contribution in [-0.4, -0.2) is 39.5 Å². The number of ketones is 1. The first-order valence-corrected chi connectivity index (χ1v) is 6.57. The number of fused-ring (bicyclic) bond motifs is 1. The zero-order valence-corrected chi connectivity index (χ0v) is 12.1. The van der Waals surface area contributed by atoms with E-state index in [1.54, 1.807) is 29.8 Å². The van der Waals surface area contributed by atoms with E-state index in [0.717, 1.165) is 0 Å². The first kappa shape index (κ1) is 13.2. The number of hydrogen-bond acceptors (Lipinski definition) is 5. The second-order valence-electron chi connectivity index (χ2n) is 4.95. The van der Waals surface area contributed by atoms with Gasteiger partial charge in [0.15, 0.2) is 11.4 Å². The van der Waals surface area contributed by atoms with Crippen molar-refractivity contribution in [2.45, 2.75) is 6.92 Å². The second-order valence-corrected chi connectivity index (χ2v) is 4.95. The fraction of sp³-hybridized carbons (Fsp3) is 0.200. The van der Waals surface area contributed by atoms with E-state index < -0.39 is 0 Å². The molecule has 3 aromatic rings. The molecule has 106 valence electrons. The van der Waals surface area contributed by atoms with Crippen molar-refractivity contribution in [2.24, 2.45) is 0 Å². The third kappa shape index (κ3) is 2.24. The zero-order chi connectivity index (χ0) is 15.0. The normalized spacial score (nSPS) is 10.8. The van der Waals surface area contributed by atoms with Crippen molar-refractivity contribution in [1.82, 2.24) is 19.6 Å². The Hall–Kier alpha value is -2.76. The summed E-state index contributed by atoms with van der Waals surface area (Å²) in [6.07, 6.45) is 1.55.